The quantitative estimate of drug-likeness (QED) is 0.931. The third-order valence-corrected chi connectivity index (χ3v) is 4.66. The summed E-state index contributed by atoms with van der Waals surface area (Å²) in [5.41, 5.74) is 0.989. The van der Waals surface area contributed by atoms with Gasteiger partial charge in [-0.05, 0) is 44.5 Å². The van der Waals surface area contributed by atoms with Gasteiger partial charge in [-0.1, -0.05) is 17.7 Å². The summed E-state index contributed by atoms with van der Waals surface area (Å²) in [6.45, 7) is 4.11. The van der Waals surface area contributed by atoms with Gasteiger partial charge in [0.1, 0.15) is 0 Å². The Morgan fingerprint density at radius 2 is 2.00 bits per heavy atom. The van der Waals surface area contributed by atoms with Gasteiger partial charge in [-0.25, -0.2) is 4.79 Å². The topological polar surface area (TPSA) is 43.8 Å². The van der Waals surface area contributed by atoms with Crippen LogP contribution in [0.15, 0.2) is 18.2 Å². The number of hydrogen-bond acceptors (Lipinski definition) is 3. The molecule has 3 rings (SSSR count). The fraction of sp³-hybridized carbons (Fsp3) is 0.533. The summed E-state index contributed by atoms with van der Waals surface area (Å²) in [4.78, 5) is 16.0. The first-order valence-corrected chi connectivity index (χ1v) is 7.55. The van der Waals surface area contributed by atoms with Crippen LogP contribution in [-0.2, 0) is 0 Å². The van der Waals surface area contributed by atoms with E-state index in [1.807, 2.05) is 0 Å². The molecule has 0 bridgehead atoms. The van der Waals surface area contributed by atoms with Crippen molar-refractivity contribution in [3.8, 4) is 0 Å². The first-order valence-electron chi connectivity index (χ1n) is 7.17. The highest BCUT2D eigenvalue weighted by Gasteiger charge is 2.31. The van der Waals surface area contributed by atoms with Crippen LogP contribution in [0, 0.1) is 0 Å². The average Bonchev–Trinajstić information content (AvgIpc) is 3.09. The Morgan fingerprint density at radius 1 is 1.25 bits per heavy atom. The van der Waals surface area contributed by atoms with Gasteiger partial charge in [0.15, 0.2) is 0 Å². The average molecular weight is 295 g/mol. The molecule has 2 saturated heterocycles. The normalized spacial score (nSPS) is 23.4. The number of anilines is 1. The number of aromatic carboxylic acids is 1. The molecule has 0 saturated carbocycles. The Labute approximate surface area is 123 Å². The zero-order valence-corrected chi connectivity index (χ0v) is 12.1. The van der Waals surface area contributed by atoms with E-state index < -0.39 is 5.97 Å². The Morgan fingerprint density at radius 3 is 2.70 bits per heavy atom. The summed E-state index contributed by atoms with van der Waals surface area (Å²) in [7, 11) is 0. The molecule has 0 amide bonds. The van der Waals surface area contributed by atoms with E-state index in [1.165, 1.54) is 25.9 Å². The highest BCUT2D eigenvalue weighted by molar-refractivity contribution is 6.34. The van der Waals surface area contributed by atoms with Gasteiger partial charge in [0.25, 0.3) is 0 Å². The van der Waals surface area contributed by atoms with Gasteiger partial charge in [0, 0.05) is 19.1 Å². The van der Waals surface area contributed by atoms with Gasteiger partial charge >= 0.3 is 5.97 Å². The second kappa shape index (κ2) is 5.62. The van der Waals surface area contributed by atoms with E-state index in [2.05, 4.69) is 9.80 Å². The maximum atomic E-state index is 11.4. The summed E-state index contributed by atoms with van der Waals surface area (Å²) in [6, 6.07) is 5.64. The predicted octanol–water partition coefficient (Wildman–Crippen LogP) is 2.71. The molecule has 4 nitrogen and oxygen atoms in total. The first-order chi connectivity index (χ1) is 9.66. The second-order valence-electron chi connectivity index (χ2n) is 5.57. The number of para-hydroxylation sites is 1. The first kappa shape index (κ1) is 13.7. The molecule has 0 aliphatic carbocycles. The van der Waals surface area contributed by atoms with E-state index in [0.29, 0.717) is 22.3 Å². The largest absolute Gasteiger partial charge is 0.478 e. The van der Waals surface area contributed by atoms with Crippen LogP contribution in [0.4, 0.5) is 5.69 Å². The minimum Gasteiger partial charge on any atom is -0.478 e. The molecule has 1 atom stereocenters. The van der Waals surface area contributed by atoms with Crippen molar-refractivity contribution < 1.29 is 9.90 Å². The van der Waals surface area contributed by atoms with Crippen molar-refractivity contribution in [2.24, 2.45) is 0 Å². The van der Waals surface area contributed by atoms with Crippen molar-refractivity contribution in [1.29, 1.82) is 0 Å². The molecule has 2 aliphatic rings. The number of likely N-dealkylation sites (tertiary alicyclic amines) is 1. The predicted molar refractivity (Wildman–Crippen MR) is 79.8 cm³/mol. The van der Waals surface area contributed by atoms with Crippen LogP contribution >= 0.6 is 11.6 Å². The molecule has 5 heteroatoms. The molecule has 1 aromatic rings. The van der Waals surface area contributed by atoms with Gasteiger partial charge in [-0.2, -0.15) is 0 Å². The summed E-state index contributed by atoms with van der Waals surface area (Å²) < 4.78 is 0. The molecule has 1 unspecified atom stereocenters. The highest BCUT2D eigenvalue weighted by atomic mass is 35.5. The molecule has 2 heterocycles. The van der Waals surface area contributed by atoms with Crippen LogP contribution in [0.5, 0.6) is 0 Å². The SMILES string of the molecule is O=C(O)c1cccc(Cl)c1N1CCC(N2CCCC2)C1. The molecule has 2 aliphatic heterocycles. The summed E-state index contributed by atoms with van der Waals surface area (Å²) in [6.07, 6.45) is 3.65. The number of carbonyl (C=O) groups is 1. The summed E-state index contributed by atoms with van der Waals surface area (Å²) >= 11 is 6.24. The number of hydrogen-bond donors (Lipinski definition) is 1. The van der Waals surface area contributed by atoms with E-state index in [9.17, 15) is 9.90 Å². The minimum atomic E-state index is -0.910. The standard InChI is InChI=1S/C15H19ClN2O2/c16-13-5-3-4-12(15(19)20)14(13)18-9-6-11(10-18)17-7-1-2-8-17/h3-5,11H,1-2,6-10H2,(H,19,20). The maximum Gasteiger partial charge on any atom is 0.337 e. The number of nitrogens with zero attached hydrogens (tertiary/aromatic N) is 2. The number of rotatable bonds is 3. The molecule has 0 spiro atoms. The second-order valence-corrected chi connectivity index (χ2v) is 5.98. The molecule has 20 heavy (non-hydrogen) atoms. The molecule has 108 valence electrons. The Kier molecular flexibility index (Phi) is 3.85. The van der Waals surface area contributed by atoms with Gasteiger partial charge in [0.2, 0.25) is 0 Å². The van der Waals surface area contributed by atoms with E-state index >= 15 is 0 Å². The fourth-order valence-corrected chi connectivity index (χ4v) is 3.65. The Balaban J connectivity index is 1.82. The lowest BCUT2D eigenvalue weighted by Crippen LogP contribution is -2.35. The van der Waals surface area contributed by atoms with Crippen LogP contribution in [-0.4, -0.2) is 48.2 Å². The van der Waals surface area contributed by atoms with Gasteiger partial charge in [-0.3, -0.25) is 4.90 Å². The van der Waals surface area contributed by atoms with Gasteiger partial charge in [0.05, 0.1) is 16.3 Å². The molecular formula is C15H19ClN2O2. The van der Waals surface area contributed by atoms with Crippen molar-refractivity contribution >= 4 is 23.3 Å². The third-order valence-electron chi connectivity index (χ3n) is 4.35. The van der Waals surface area contributed by atoms with Gasteiger partial charge in [-0.15, -0.1) is 0 Å². The van der Waals surface area contributed by atoms with Crippen LogP contribution in [0.25, 0.3) is 0 Å². The van der Waals surface area contributed by atoms with Gasteiger partial charge < -0.3 is 10.0 Å². The van der Waals surface area contributed by atoms with Crippen LogP contribution in [0.1, 0.15) is 29.6 Å². The highest BCUT2D eigenvalue weighted by Crippen LogP contribution is 2.33. The number of benzene rings is 1. The molecule has 1 aromatic carbocycles. The van der Waals surface area contributed by atoms with E-state index in [1.54, 1.807) is 18.2 Å². The fourth-order valence-electron chi connectivity index (χ4n) is 3.36. The van der Waals surface area contributed by atoms with Crippen LogP contribution in [0.2, 0.25) is 5.02 Å². The lowest BCUT2D eigenvalue weighted by atomic mass is 10.1. The third kappa shape index (κ3) is 2.50. The lowest BCUT2D eigenvalue weighted by molar-refractivity contribution is 0.0697. The minimum absolute atomic E-state index is 0.305. The monoisotopic (exact) mass is 294 g/mol. The number of carboxylic acid groups (broad SMARTS) is 1. The number of carboxylic acids is 1. The van der Waals surface area contributed by atoms with Crippen LogP contribution < -0.4 is 4.90 Å². The molecule has 1 N–H and O–H groups in total. The molecule has 0 aromatic heterocycles. The van der Waals surface area contributed by atoms with Crippen molar-refractivity contribution in [2.75, 3.05) is 31.1 Å². The van der Waals surface area contributed by atoms with Crippen molar-refractivity contribution in [1.82, 2.24) is 4.90 Å². The van der Waals surface area contributed by atoms with Crippen molar-refractivity contribution in [2.45, 2.75) is 25.3 Å². The maximum absolute atomic E-state index is 11.4. The Bertz CT molecular complexity index is 515. The van der Waals surface area contributed by atoms with Crippen molar-refractivity contribution in [3.05, 3.63) is 28.8 Å². The van der Waals surface area contributed by atoms with E-state index in [4.69, 9.17) is 11.6 Å². The zero-order chi connectivity index (χ0) is 14.1. The van der Waals surface area contributed by atoms with E-state index in [0.717, 1.165) is 19.5 Å². The smallest absolute Gasteiger partial charge is 0.337 e. The Hall–Kier alpha value is -1.26. The number of halogens is 1. The van der Waals surface area contributed by atoms with Crippen LogP contribution in [0.3, 0.4) is 0 Å². The lowest BCUT2D eigenvalue weighted by Gasteiger charge is -2.25. The molecule has 0 radical (unpaired) electrons. The molecular weight excluding hydrogens is 276 g/mol. The van der Waals surface area contributed by atoms with Crippen molar-refractivity contribution in [3.63, 3.8) is 0 Å². The van der Waals surface area contributed by atoms with E-state index in [-0.39, 0.29) is 0 Å². The molecule has 2 fully saturated rings. The zero-order valence-electron chi connectivity index (χ0n) is 11.4. The summed E-state index contributed by atoms with van der Waals surface area (Å²) in [5.74, 6) is -0.910. The summed E-state index contributed by atoms with van der Waals surface area (Å²) in [5, 5.41) is 9.87.